The molecule has 0 aliphatic carbocycles. The largest absolute Gasteiger partial charge is 0.371 e. The van der Waals surface area contributed by atoms with Crippen LogP contribution in [0.2, 0.25) is 0 Å². The maximum absolute atomic E-state index is 12.4. The first-order valence-electron chi connectivity index (χ1n) is 9.55. The monoisotopic (exact) mass is 401 g/mol. The van der Waals surface area contributed by atoms with Gasteiger partial charge >= 0.3 is 0 Å². The normalized spacial score (nSPS) is 13.5. The molecule has 1 heterocycles. The standard InChI is InChI=1S/C21H27N3O3S/c1-4-24-12-10-17-6-7-18(14-20(17)24)23-21(25)9-11-22-28(26,27)19-8-5-15(2)16(3)13-19/h5-8,13-14,22H,4,9-12H2,1-3H3,(H,23,25). The molecular weight excluding hydrogens is 374 g/mol. The molecule has 0 spiro atoms. The number of hydrogen-bond acceptors (Lipinski definition) is 4. The van der Waals surface area contributed by atoms with Crippen LogP contribution in [0.3, 0.4) is 0 Å². The van der Waals surface area contributed by atoms with Gasteiger partial charge in [0.25, 0.3) is 0 Å². The zero-order valence-corrected chi connectivity index (χ0v) is 17.4. The van der Waals surface area contributed by atoms with Crippen molar-refractivity contribution in [3.8, 4) is 0 Å². The van der Waals surface area contributed by atoms with Crippen LogP contribution in [0.4, 0.5) is 11.4 Å². The predicted molar refractivity (Wildman–Crippen MR) is 112 cm³/mol. The third kappa shape index (κ3) is 4.54. The molecule has 0 fully saturated rings. The van der Waals surface area contributed by atoms with E-state index in [1.165, 1.54) is 5.56 Å². The van der Waals surface area contributed by atoms with Gasteiger partial charge in [-0.3, -0.25) is 4.79 Å². The molecule has 0 unspecified atom stereocenters. The van der Waals surface area contributed by atoms with Crippen LogP contribution in [0.1, 0.15) is 30.0 Å². The summed E-state index contributed by atoms with van der Waals surface area (Å²) in [7, 11) is -3.62. The average molecular weight is 402 g/mol. The van der Waals surface area contributed by atoms with Crippen molar-refractivity contribution in [2.75, 3.05) is 29.9 Å². The van der Waals surface area contributed by atoms with Gasteiger partial charge in [0.2, 0.25) is 15.9 Å². The SMILES string of the molecule is CCN1CCc2ccc(NC(=O)CCNS(=O)(=O)c3ccc(C)c(C)c3)cc21. The summed E-state index contributed by atoms with van der Waals surface area (Å²) in [5.74, 6) is -0.219. The second kappa shape index (κ2) is 8.32. The van der Waals surface area contributed by atoms with Gasteiger partial charge in [0, 0.05) is 37.4 Å². The number of sulfonamides is 1. The average Bonchev–Trinajstić information content (AvgIpc) is 3.06. The number of carbonyl (C=O) groups is 1. The molecule has 2 aromatic rings. The molecule has 0 atom stereocenters. The van der Waals surface area contributed by atoms with E-state index in [1.807, 2.05) is 32.0 Å². The highest BCUT2D eigenvalue weighted by molar-refractivity contribution is 7.89. The number of nitrogens with zero attached hydrogens (tertiary/aromatic N) is 1. The summed E-state index contributed by atoms with van der Waals surface area (Å²) < 4.78 is 27.3. The second-order valence-corrected chi connectivity index (χ2v) is 8.88. The van der Waals surface area contributed by atoms with Crippen molar-refractivity contribution in [3.05, 3.63) is 53.1 Å². The van der Waals surface area contributed by atoms with Crippen molar-refractivity contribution < 1.29 is 13.2 Å². The highest BCUT2D eigenvalue weighted by atomic mass is 32.2. The van der Waals surface area contributed by atoms with E-state index in [0.717, 1.165) is 42.0 Å². The quantitative estimate of drug-likeness (QED) is 0.748. The van der Waals surface area contributed by atoms with Gasteiger partial charge in [-0.25, -0.2) is 13.1 Å². The Kier molecular flexibility index (Phi) is 6.05. The molecule has 28 heavy (non-hydrogen) atoms. The number of amides is 1. The Hall–Kier alpha value is -2.38. The van der Waals surface area contributed by atoms with Crippen molar-refractivity contribution in [1.82, 2.24) is 4.72 Å². The van der Waals surface area contributed by atoms with Crippen LogP contribution in [-0.4, -0.2) is 34.0 Å². The van der Waals surface area contributed by atoms with E-state index in [9.17, 15) is 13.2 Å². The maximum atomic E-state index is 12.4. The van der Waals surface area contributed by atoms with Gasteiger partial charge in [-0.05, 0) is 68.1 Å². The molecule has 1 aliphatic heterocycles. The fourth-order valence-electron chi connectivity index (χ4n) is 3.34. The second-order valence-electron chi connectivity index (χ2n) is 7.12. The molecule has 0 bridgehead atoms. The molecule has 0 saturated heterocycles. The van der Waals surface area contributed by atoms with Crippen molar-refractivity contribution >= 4 is 27.3 Å². The lowest BCUT2D eigenvalue weighted by atomic mass is 10.1. The Labute approximate surface area is 167 Å². The van der Waals surface area contributed by atoms with Crippen LogP contribution < -0.4 is 14.9 Å². The van der Waals surface area contributed by atoms with E-state index in [0.29, 0.717) is 0 Å². The van der Waals surface area contributed by atoms with E-state index in [4.69, 9.17) is 0 Å². The summed E-state index contributed by atoms with van der Waals surface area (Å²) >= 11 is 0. The van der Waals surface area contributed by atoms with Crippen LogP contribution in [0.5, 0.6) is 0 Å². The van der Waals surface area contributed by atoms with Crippen molar-refractivity contribution in [3.63, 3.8) is 0 Å². The Balaban J connectivity index is 1.55. The zero-order chi connectivity index (χ0) is 20.3. The Bertz CT molecular complexity index is 986. The number of fused-ring (bicyclic) bond motifs is 1. The molecule has 0 saturated carbocycles. The lowest BCUT2D eigenvalue weighted by Crippen LogP contribution is -2.28. The lowest BCUT2D eigenvalue weighted by Gasteiger charge is -2.17. The molecule has 0 aromatic heterocycles. The first kappa shape index (κ1) is 20.4. The number of likely N-dealkylation sites (N-methyl/N-ethyl adjacent to an activating group) is 1. The topological polar surface area (TPSA) is 78.5 Å². The van der Waals surface area contributed by atoms with Crippen molar-refractivity contribution in [2.24, 2.45) is 0 Å². The summed E-state index contributed by atoms with van der Waals surface area (Å²) in [6.07, 6.45) is 1.09. The predicted octanol–water partition coefficient (Wildman–Crippen LogP) is 2.99. The van der Waals surface area contributed by atoms with Crippen molar-refractivity contribution in [2.45, 2.75) is 38.5 Å². The smallest absolute Gasteiger partial charge is 0.240 e. The van der Waals surface area contributed by atoms with Crippen LogP contribution >= 0.6 is 0 Å². The Morgan fingerprint density at radius 3 is 2.61 bits per heavy atom. The van der Waals surface area contributed by atoms with E-state index in [-0.39, 0.29) is 23.8 Å². The maximum Gasteiger partial charge on any atom is 0.240 e. The van der Waals surface area contributed by atoms with Gasteiger partial charge in [-0.15, -0.1) is 0 Å². The number of nitrogens with one attached hydrogen (secondary N) is 2. The number of anilines is 2. The van der Waals surface area contributed by atoms with Gasteiger partial charge in [0.15, 0.2) is 0 Å². The first-order valence-corrected chi connectivity index (χ1v) is 11.0. The van der Waals surface area contributed by atoms with E-state index in [1.54, 1.807) is 18.2 Å². The molecule has 7 heteroatoms. The van der Waals surface area contributed by atoms with E-state index >= 15 is 0 Å². The fraction of sp³-hybridized carbons (Fsp3) is 0.381. The Morgan fingerprint density at radius 2 is 1.89 bits per heavy atom. The van der Waals surface area contributed by atoms with Gasteiger partial charge in [0.1, 0.15) is 0 Å². The van der Waals surface area contributed by atoms with Crippen LogP contribution in [0, 0.1) is 13.8 Å². The van der Waals surface area contributed by atoms with Crippen LogP contribution in [0.15, 0.2) is 41.3 Å². The highest BCUT2D eigenvalue weighted by Gasteiger charge is 2.18. The minimum absolute atomic E-state index is 0.0487. The summed E-state index contributed by atoms with van der Waals surface area (Å²) in [6.45, 7) is 7.91. The third-order valence-electron chi connectivity index (χ3n) is 5.18. The number of hydrogen-bond donors (Lipinski definition) is 2. The fourth-order valence-corrected chi connectivity index (χ4v) is 4.46. The summed E-state index contributed by atoms with van der Waals surface area (Å²) in [4.78, 5) is 14.7. The summed E-state index contributed by atoms with van der Waals surface area (Å²) in [5, 5.41) is 2.86. The molecule has 0 radical (unpaired) electrons. The minimum Gasteiger partial charge on any atom is -0.371 e. The summed E-state index contributed by atoms with van der Waals surface area (Å²) in [5.41, 5.74) is 5.14. The number of carbonyl (C=O) groups excluding carboxylic acids is 1. The molecule has 6 nitrogen and oxygen atoms in total. The van der Waals surface area contributed by atoms with Gasteiger partial charge < -0.3 is 10.2 Å². The number of benzene rings is 2. The third-order valence-corrected chi connectivity index (χ3v) is 6.63. The zero-order valence-electron chi connectivity index (χ0n) is 16.6. The minimum atomic E-state index is -3.62. The lowest BCUT2D eigenvalue weighted by molar-refractivity contribution is -0.116. The first-order chi connectivity index (χ1) is 13.3. The van der Waals surface area contributed by atoms with E-state index in [2.05, 4.69) is 21.9 Å². The van der Waals surface area contributed by atoms with Crippen LogP contribution in [-0.2, 0) is 21.2 Å². The molecule has 1 amide bonds. The number of rotatable bonds is 7. The summed E-state index contributed by atoms with van der Waals surface area (Å²) in [6, 6.07) is 10.9. The molecular formula is C21H27N3O3S. The molecule has 2 aromatic carbocycles. The molecule has 150 valence electrons. The highest BCUT2D eigenvalue weighted by Crippen LogP contribution is 2.30. The Morgan fingerprint density at radius 1 is 1.11 bits per heavy atom. The van der Waals surface area contributed by atoms with Gasteiger partial charge in [-0.1, -0.05) is 12.1 Å². The van der Waals surface area contributed by atoms with Gasteiger partial charge in [-0.2, -0.15) is 0 Å². The van der Waals surface area contributed by atoms with Crippen LogP contribution in [0.25, 0.3) is 0 Å². The molecule has 2 N–H and O–H groups in total. The van der Waals surface area contributed by atoms with Crippen molar-refractivity contribution in [1.29, 1.82) is 0 Å². The molecule has 1 aliphatic rings. The van der Waals surface area contributed by atoms with Gasteiger partial charge in [0.05, 0.1) is 4.90 Å². The number of aryl methyl sites for hydroxylation is 2. The van der Waals surface area contributed by atoms with E-state index < -0.39 is 10.0 Å². The molecule has 3 rings (SSSR count).